The molecular formula is C18H19Cl2N5OS2. The first-order valence-electron chi connectivity index (χ1n) is 8.52. The second-order valence-corrected chi connectivity index (χ2v) is 8.80. The number of fused-ring (bicyclic) bond motifs is 1. The van der Waals surface area contributed by atoms with Gasteiger partial charge in [0.2, 0.25) is 0 Å². The van der Waals surface area contributed by atoms with Crippen LogP contribution in [0.1, 0.15) is 34.8 Å². The van der Waals surface area contributed by atoms with Crippen molar-refractivity contribution in [3.63, 3.8) is 0 Å². The third kappa shape index (κ3) is 4.75. The molecule has 0 saturated heterocycles. The quantitative estimate of drug-likeness (QED) is 0.404. The van der Waals surface area contributed by atoms with Gasteiger partial charge in [0.15, 0.2) is 5.11 Å². The van der Waals surface area contributed by atoms with Gasteiger partial charge in [0.25, 0.3) is 5.91 Å². The van der Waals surface area contributed by atoms with Crippen molar-refractivity contribution in [3.8, 4) is 0 Å². The zero-order valence-electron chi connectivity index (χ0n) is 15.5. The van der Waals surface area contributed by atoms with Crippen molar-refractivity contribution in [2.75, 3.05) is 0 Å². The smallest absolute Gasteiger partial charge is 0.279 e. The fourth-order valence-electron chi connectivity index (χ4n) is 2.62. The number of benzene rings is 1. The predicted molar refractivity (Wildman–Crippen MR) is 119 cm³/mol. The van der Waals surface area contributed by atoms with Gasteiger partial charge >= 0.3 is 0 Å². The van der Waals surface area contributed by atoms with E-state index < -0.39 is 0 Å². The minimum absolute atomic E-state index is 0.176. The molecule has 28 heavy (non-hydrogen) atoms. The normalized spacial score (nSPS) is 11.1. The van der Waals surface area contributed by atoms with E-state index in [1.54, 1.807) is 12.1 Å². The highest BCUT2D eigenvalue weighted by molar-refractivity contribution is 7.80. The Hall–Kier alpha value is -1.87. The van der Waals surface area contributed by atoms with Crippen LogP contribution in [-0.4, -0.2) is 26.8 Å². The number of nitrogens with zero attached hydrogens (tertiary/aromatic N) is 2. The number of amides is 1. The molecule has 0 aliphatic heterocycles. The molecule has 3 aromatic rings. The third-order valence-corrected chi connectivity index (χ3v) is 5.83. The number of hydrogen-bond acceptors (Lipinski definition) is 4. The van der Waals surface area contributed by atoms with Crippen LogP contribution in [-0.2, 0) is 6.54 Å². The molecule has 2 aromatic heterocycles. The summed E-state index contributed by atoms with van der Waals surface area (Å²) in [7, 11) is 0. The number of hydrogen-bond donors (Lipinski definition) is 3. The maximum Gasteiger partial charge on any atom is 0.279 e. The van der Waals surface area contributed by atoms with Crippen molar-refractivity contribution in [2.24, 2.45) is 0 Å². The number of nitrogens with one attached hydrogen (secondary N) is 3. The van der Waals surface area contributed by atoms with Crippen molar-refractivity contribution in [2.45, 2.75) is 33.4 Å². The molecule has 1 amide bonds. The molecule has 10 heteroatoms. The van der Waals surface area contributed by atoms with Crippen molar-refractivity contribution in [1.29, 1.82) is 0 Å². The van der Waals surface area contributed by atoms with E-state index in [9.17, 15) is 4.79 Å². The molecule has 1 aromatic carbocycles. The van der Waals surface area contributed by atoms with Gasteiger partial charge < -0.3 is 5.32 Å². The molecule has 3 N–H and O–H groups in total. The van der Waals surface area contributed by atoms with E-state index in [4.69, 9.17) is 35.4 Å². The van der Waals surface area contributed by atoms with Crippen molar-refractivity contribution in [1.82, 2.24) is 25.9 Å². The van der Waals surface area contributed by atoms with Crippen LogP contribution < -0.4 is 16.2 Å². The van der Waals surface area contributed by atoms with Gasteiger partial charge in [-0.25, -0.2) is 0 Å². The van der Waals surface area contributed by atoms with Gasteiger partial charge in [-0.1, -0.05) is 29.3 Å². The maximum absolute atomic E-state index is 12.5. The molecule has 0 aliphatic carbocycles. The average molecular weight is 456 g/mol. The minimum Gasteiger partial charge on any atom is -0.359 e. The molecule has 0 atom stereocenters. The van der Waals surface area contributed by atoms with Crippen LogP contribution >= 0.6 is 46.8 Å². The van der Waals surface area contributed by atoms with E-state index in [2.05, 4.69) is 21.3 Å². The van der Waals surface area contributed by atoms with Crippen molar-refractivity contribution < 1.29 is 4.79 Å². The number of rotatable bonds is 4. The Morgan fingerprint density at radius 1 is 1.29 bits per heavy atom. The Morgan fingerprint density at radius 3 is 2.71 bits per heavy atom. The van der Waals surface area contributed by atoms with Gasteiger partial charge in [-0.15, -0.1) is 11.3 Å². The maximum atomic E-state index is 12.5. The average Bonchev–Trinajstić information content (AvgIpc) is 3.16. The molecule has 148 valence electrons. The molecule has 0 unspecified atom stereocenters. The number of carbonyl (C=O) groups excluding carboxylic acids is 1. The van der Waals surface area contributed by atoms with Crippen LogP contribution in [0.4, 0.5) is 0 Å². The first kappa shape index (κ1) is 20.9. The third-order valence-electron chi connectivity index (χ3n) is 3.88. The Kier molecular flexibility index (Phi) is 6.44. The zero-order valence-corrected chi connectivity index (χ0v) is 18.6. The minimum atomic E-state index is -0.260. The summed E-state index contributed by atoms with van der Waals surface area (Å²) in [4.78, 5) is 13.9. The molecule has 6 nitrogen and oxygen atoms in total. The van der Waals surface area contributed by atoms with Gasteiger partial charge in [-0.3, -0.25) is 20.3 Å². The largest absolute Gasteiger partial charge is 0.359 e. The van der Waals surface area contributed by atoms with Crippen LogP contribution in [0.25, 0.3) is 10.2 Å². The summed E-state index contributed by atoms with van der Waals surface area (Å²) in [6.45, 7) is 6.33. The highest BCUT2D eigenvalue weighted by Crippen LogP contribution is 2.30. The molecule has 0 bridgehead atoms. The van der Waals surface area contributed by atoms with Gasteiger partial charge in [-0.2, -0.15) is 5.10 Å². The number of carbonyl (C=O) groups is 1. The Balaban J connectivity index is 1.79. The molecule has 0 radical (unpaired) electrons. The molecule has 0 spiro atoms. The fraction of sp³-hybridized carbons (Fsp3) is 0.278. The van der Waals surface area contributed by atoms with E-state index in [0.29, 0.717) is 26.6 Å². The number of aromatic nitrogens is 2. The van der Waals surface area contributed by atoms with Crippen molar-refractivity contribution >= 4 is 68.0 Å². The lowest BCUT2D eigenvalue weighted by molar-refractivity contribution is 0.0947. The molecular weight excluding hydrogens is 437 g/mol. The van der Waals surface area contributed by atoms with Crippen LogP contribution in [0.2, 0.25) is 10.0 Å². The predicted octanol–water partition coefficient (Wildman–Crippen LogP) is 4.28. The lowest BCUT2D eigenvalue weighted by Crippen LogP contribution is -2.48. The van der Waals surface area contributed by atoms with Crippen molar-refractivity contribution in [3.05, 3.63) is 50.4 Å². The zero-order chi connectivity index (χ0) is 20.4. The van der Waals surface area contributed by atoms with Crippen LogP contribution in [0.15, 0.2) is 24.3 Å². The summed E-state index contributed by atoms with van der Waals surface area (Å²) in [5.41, 5.74) is 7.07. The van der Waals surface area contributed by atoms with E-state index in [1.807, 2.05) is 37.6 Å². The molecule has 0 saturated carbocycles. The van der Waals surface area contributed by atoms with Crippen LogP contribution in [0.5, 0.6) is 0 Å². The summed E-state index contributed by atoms with van der Waals surface area (Å²) in [5, 5.41) is 10.0. The first-order chi connectivity index (χ1) is 13.2. The van der Waals surface area contributed by atoms with E-state index in [0.717, 1.165) is 21.5 Å². The second kappa shape index (κ2) is 8.65. The van der Waals surface area contributed by atoms with Gasteiger partial charge in [-0.05, 0) is 56.8 Å². The molecule has 0 aliphatic rings. The van der Waals surface area contributed by atoms with Gasteiger partial charge in [0.05, 0.1) is 17.1 Å². The monoisotopic (exact) mass is 455 g/mol. The number of halogens is 2. The lowest BCUT2D eigenvalue weighted by atomic mass is 10.2. The summed E-state index contributed by atoms with van der Waals surface area (Å²) >= 11 is 18.7. The van der Waals surface area contributed by atoms with E-state index in [-0.39, 0.29) is 11.9 Å². The molecule has 0 fully saturated rings. The second-order valence-electron chi connectivity index (χ2n) is 6.52. The number of thiophene rings is 1. The topological polar surface area (TPSA) is 71.0 Å². The Labute approximate surface area is 182 Å². The van der Waals surface area contributed by atoms with Crippen LogP contribution in [0.3, 0.4) is 0 Å². The summed E-state index contributed by atoms with van der Waals surface area (Å²) in [5.74, 6) is -0.260. The Morgan fingerprint density at radius 2 is 2.04 bits per heavy atom. The summed E-state index contributed by atoms with van der Waals surface area (Å²) in [6.07, 6.45) is 0. The lowest BCUT2D eigenvalue weighted by Gasteiger charge is -2.13. The highest BCUT2D eigenvalue weighted by Gasteiger charge is 2.17. The summed E-state index contributed by atoms with van der Waals surface area (Å²) in [6, 6.07) is 7.39. The molecule has 3 rings (SSSR count). The number of aryl methyl sites for hydroxylation is 1. The van der Waals surface area contributed by atoms with Gasteiger partial charge in [0.1, 0.15) is 4.83 Å². The molecule has 2 heterocycles. The van der Waals surface area contributed by atoms with Gasteiger partial charge in [0, 0.05) is 21.5 Å². The summed E-state index contributed by atoms with van der Waals surface area (Å²) < 4.78 is 1.85. The SMILES string of the molecule is Cc1nn(Cc2ccc(Cl)cc2Cl)c2sc(C(=O)NNC(=S)NC(C)C)cc12. The van der Waals surface area contributed by atoms with Crippen LogP contribution in [0, 0.1) is 6.92 Å². The number of thiocarbonyl (C=S) groups is 1. The Bertz CT molecular complexity index is 1040. The number of hydrazine groups is 1. The van der Waals surface area contributed by atoms with E-state index >= 15 is 0 Å². The standard InChI is InChI=1S/C18H19Cl2N5OS2/c1-9(2)21-18(27)23-22-16(26)15-7-13-10(3)24-25(17(13)28-15)8-11-4-5-12(19)6-14(11)20/h4-7,9H,8H2,1-3H3,(H,22,26)(H2,21,23,27). The first-order valence-corrected chi connectivity index (χ1v) is 10.5. The van der Waals surface area contributed by atoms with E-state index in [1.165, 1.54) is 11.3 Å². The fourth-order valence-corrected chi connectivity index (χ4v) is 4.43. The highest BCUT2D eigenvalue weighted by atomic mass is 35.5.